The van der Waals surface area contributed by atoms with E-state index in [9.17, 15) is 8.42 Å². The standard InChI is InChI=1S/C15H14N2O3S/c1-11-6-2-5-9-14(11)21(18,19)16-10-15-17-12-7-3-4-8-13(12)20-15/h2-9,16H,10H2,1H3. The second-order valence-electron chi connectivity index (χ2n) is 4.67. The molecule has 0 radical (unpaired) electrons. The number of rotatable bonds is 4. The molecule has 3 aromatic rings. The Bertz CT molecular complexity index is 852. The zero-order chi connectivity index (χ0) is 14.9. The van der Waals surface area contributed by atoms with Crippen molar-refractivity contribution >= 4 is 21.1 Å². The van der Waals surface area contributed by atoms with Crippen molar-refractivity contribution in [1.29, 1.82) is 0 Å². The van der Waals surface area contributed by atoms with E-state index in [0.29, 0.717) is 22.6 Å². The van der Waals surface area contributed by atoms with Crippen molar-refractivity contribution in [3.63, 3.8) is 0 Å². The van der Waals surface area contributed by atoms with Gasteiger partial charge in [-0.25, -0.2) is 18.1 Å². The summed E-state index contributed by atoms with van der Waals surface area (Å²) in [7, 11) is -3.58. The molecule has 108 valence electrons. The molecule has 5 nitrogen and oxygen atoms in total. The van der Waals surface area contributed by atoms with Crippen LogP contribution in [0.3, 0.4) is 0 Å². The van der Waals surface area contributed by atoms with E-state index in [0.717, 1.165) is 0 Å². The number of nitrogens with one attached hydrogen (secondary N) is 1. The van der Waals surface area contributed by atoms with Gasteiger partial charge in [-0.05, 0) is 30.7 Å². The Labute approximate surface area is 122 Å². The molecular formula is C15H14N2O3S. The third-order valence-electron chi connectivity index (χ3n) is 3.13. The summed E-state index contributed by atoms with van der Waals surface area (Å²) in [6.07, 6.45) is 0. The van der Waals surface area contributed by atoms with E-state index >= 15 is 0 Å². The number of benzene rings is 2. The largest absolute Gasteiger partial charge is 0.439 e. The monoisotopic (exact) mass is 302 g/mol. The zero-order valence-corrected chi connectivity index (χ0v) is 12.2. The van der Waals surface area contributed by atoms with E-state index in [1.54, 1.807) is 37.3 Å². The Morgan fingerprint density at radius 3 is 2.57 bits per heavy atom. The molecule has 0 aliphatic rings. The van der Waals surface area contributed by atoms with E-state index in [2.05, 4.69) is 9.71 Å². The van der Waals surface area contributed by atoms with Crippen LogP contribution in [-0.4, -0.2) is 13.4 Å². The van der Waals surface area contributed by atoms with E-state index in [1.807, 2.05) is 18.2 Å². The van der Waals surface area contributed by atoms with Crippen molar-refractivity contribution in [2.24, 2.45) is 0 Å². The van der Waals surface area contributed by atoms with Crippen LogP contribution < -0.4 is 4.72 Å². The van der Waals surface area contributed by atoms with E-state index in [-0.39, 0.29) is 11.4 Å². The van der Waals surface area contributed by atoms with Gasteiger partial charge < -0.3 is 4.42 Å². The van der Waals surface area contributed by atoms with Gasteiger partial charge in [0.05, 0.1) is 11.4 Å². The van der Waals surface area contributed by atoms with Gasteiger partial charge in [0.1, 0.15) is 5.52 Å². The lowest BCUT2D eigenvalue weighted by Gasteiger charge is -2.07. The van der Waals surface area contributed by atoms with Gasteiger partial charge in [-0.2, -0.15) is 0 Å². The van der Waals surface area contributed by atoms with Crippen molar-refractivity contribution in [1.82, 2.24) is 9.71 Å². The smallest absolute Gasteiger partial charge is 0.241 e. The molecule has 3 rings (SSSR count). The fraction of sp³-hybridized carbons (Fsp3) is 0.133. The minimum atomic E-state index is -3.58. The molecule has 6 heteroatoms. The van der Waals surface area contributed by atoms with Gasteiger partial charge in [0.15, 0.2) is 5.58 Å². The predicted molar refractivity (Wildman–Crippen MR) is 79.2 cm³/mol. The molecule has 0 unspecified atom stereocenters. The summed E-state index contributed by atoms with van der Waals surface area (Å²) in [4.78, 5) is 4.50. The average molecular weight is 302 g/mol. The van der Waals surface area contributed by atoms with Crippen molar-refractivity contribution < 1.29 is 12.8 Å². The third kappa shape index (κ3) is 2.81. The molecular weight excluding hydrogens is 288 g/mol. The molecule has 2 aromatic carbocycles. The molecule has 0 atom stereocenters. The Hall–Kier alpha value is -2.18. The van der Waals surface area contributed by atoms with E-state index < -0.39 is 10.0 Å². The molecule has 0 saturated heterocycles. The Morgan fingerprint density at radius 2 is 1.81 bits per heavy atom. The molecule has 0 amide bonds. The van der Waals surface area contributed by atoms with Crippen LogP contribution >= 0.6 is 0 Å². The lowest BCUT2D eigenvalue weighted by Crippen LogP contribution is -2.24. The van der Waals surface area contributed by atoms with Crippen molar-refractivity contribution in [3.8, 4) is 0 Å². The molecule has 0 aliphatic carbocycles. The summed E-state index contributed by atoms with van der Waals surface area (Å²) in [5, 5.41) is 0. The molecule has 1 aromatic heterocycles. The minimum Gasteiger partial charge on any atom is -0.439 e. The highest BCUT2D eigenvalue weighted by atomic mass is 32.2. The van der Waals surface area contributed by atoms with Crippen LogP contribution in [0.1, 0.15) is 11.5 Å². The van der Waals surface area contributed by atoms with Gasteiger partial charge in [0.2, 0.25) is 15.9 Å². The number of nitrogens with zero attached hydrogens (tertiary/aromatic N) is 1. The Balaban J connectivity index is 1.82. The van der Waals surface area contributed by atoms with Crippen LogP contribution in [0.4, 0.5) is 0 Å². The molecule has 0 aliphatic heterocycles. The zero-order valence-electron chi connectivity index (χ0n) is 11.4. The maximum absolute atomic E-state index is 12.3. The lowest BCUT2D eigenvalue weighted by atomic mass is 10.2. The number of oxazole rings is 1. The molecule has 1 heterocycles. The Kier molecular flexibility index (Phi) is 3.48. The first-order chi connectivity index (χ1) is 10.1. The highest BCUT2D eigenvalue weighted by Crippen LogP contribution is 2.17. The van der Waals surface area contributed by atoms with Gasteiger partial charge in [0, 0.05) is 0 Å². The summed E-state index contributed by atoms with van der Waals surface area (Å²) in [5.41, 5.74) is 2.05. The SMILES string of the molecule is Cc1ccccc1S(=O)(=O)NCc1nc2ccccc2o1. The average Bonchev–Trinajstić information content (AvgIpc) is 2.88. The number of hydrogen-bond donors (Lipinski definition) is 1. The predicted octanol–water partition coefficient (Wildman–Crippen LogP) is 2.61. The topological polar surface area (TPSA) is 72.2 Å². The number of fused-ring (bicyclic) bond motifs is 1. The van der Waals surface area contributed by atoms with Crippen LogP contribution in [0.25, 0.3) is 11.1 Å². The summed E-state index contributed by atoms with van der Waals surface area (Å²) in [6, 6.07) is 14.1. The van der Waals surface area contributed by atoms with Gasteiger partial charge >= 0.3 is 0 Å². The first-order valence-corrected chi connectivity index (χ1v) is 7.94. The molecule has 1 N–H and O–H groups in total. The van der Waals surface area contributed by atoms with Crippen LogP contribution in [0, 0.1) is 6.92 Å². The summed E-state index contributed by atoms with van der Waals surface area (Å²) >= 11 is 0. The first-order valence-electron chi connectivity index (χ1n) is 6.46. The second-order valence-corrected chi connectivity index (χ2v) is 6.40. The molecule has 0 saturated carbocycles. The van der Waals surface area contributed by atoms with Crippen molar-refractivity contribution in [2.75, 3.05) is 0 Å². The molecule has 0 fully saturated rings. The molecule has 21 heavy (non-hydrogen) atoms. The summed E-state index contributed by atoms with van der Waals surface area (Å²) in [5.74, 6) is 0.341. The number of hydrogen-bond acceptors (Lipinski definition) is 4. The fourth-order valence-electron chi connectivity index (χ4n) is 2.09. The number of aryl methyl sites for hydroxylation is 1. The maximum atomic E-state index is 12.3. The van der Waals surface area contributed by atoms with Crippen LogP contribution in [0.15, 0.2) is 57.8 Å². The van der Waals surface area contributed by atoms with Crippen molar-refractivity contribution in [2.45, 2.75) is 18.4 Å². The van der Waals surface area contributed by atoms with Crippen LogP contribution in [0.2, 0.25) is 0 Å². The van der Waals surface area contributed by atoms with Crippen LogP contribution in [0.5, 0.6) is 0 Å². The van der Waals surface area contributed by atoms with Crippen LogP contribution in [-0.2, 0) is 16.6 Å². The minimum absolute atomic E-state index is 0.0192. The fourth-order valence-corrected chi connectivity index (χ4v) is 3.31. The summed E-state index contributed by atoms with van der Waals surface area (Å²) in [6.45, 7) is 1.78. The highest BCUT2D eigenvalue weighted by molar-refractivity contribution is 7.89. The highest BCUT2D eigenvalue weighted by Gasteiger charge is 2.17. The summed E-state index contributed by atoms with van der Waals surface area (Å²) < 4.78 is 32.5. The molecule has 0 bridgehead atoms. The lowest BCUT2D eigenvalue weighted by molar-refractivity contribution is 0.513. The van der Waals surface area contributed by atoms with Gasteiger partial charge in [-0.1, -0.05) is 30.3 Å². The van der Waals surface area contributed by atoms with Gasteiger partial charge in [-0.15, -0.1) is 0 Å². The number of sulfonamides is 1. The Morgan fingerprint density at radius 1 is 1.10 bits per heavy atom. The second kappa shape index (κ2) is 5.31. The van der Waals surface area contributed by atoms with Gasteiger partial charge in [-0.3, -0.25) is 0 Å². The first kappa shape index (κ1) is 13.8. The van der Waals surface area contributed by atoms with E-state index in [1.165, 1.54) is 0 Å². The number of aromatic nitrogens is 1. The third-order valence-corrected chi connectivity index (χ3v) is 4.70. The van der Waals surface area contributed by atoms with E-state index in [4.69, 9.17) is 4.42 Å². The van der Waals surface area contributed by atoms with Gasteiger partial charge in [0.25, 0.3) is 0 Å². The molecule has 0 spiro atoms. The quantitative estimate of drug-likeness (QED) is 0.804. The normalized spacial score (nSPS) is 11.9. The van der Waals surface area contributed by atoms with Crippen molar-refractivity contribution in [3.05, 3.63) is 60.0 Å². The number of para-hydroxylation sites is 2. The maximum Gasteiger partial charge on any atom is 0.241 e.